The predicted molar refractivity (Wildman–Crippen MR) is 41.6 cm³/mol. The maximum absolute atomic E-state index is 3.98. The minimum absolute atomic E-state index is 1.07. The second-order valence-corrected chi connectivity index (χ2v) is 1.95. The van der Waals surface area contributed by atoms with Gasteiger partial charge in [-0.2, -0.15) is 5.10 Å². The summed E-state index contributed by atoms with van der Waals surface area (Å²) in [6.07, 6.45) is 6.86. The topological polar surface area (TPSA) is 15.6 Å². The number of hydrogen-bond acceptors (Lipinski definition) is 2. The molecule has 2 nitrogen and oxygen atoms in total. The zero-order chi connectivity index (χ0) is 7.11. The molecule has 0 aromatic carbocycles. The molecule has 0 atom stereocenters. The Balaban J connectivity index is 3.35. The van der Waals surface area contributed by atoms with Crippen LogP contribution in [0.15, 0.2) is 17.3 Å². The average Bonchev–Trinajstić information content (AvgIpc) is 1.80. The predicted octanol–water partition coefficient (Wildman–Crippen LogP) is 1.50. The number of nitrogens with zero attached hydrogens (tertiary/aromatic N) is 2. The summed E-state index contributed by atoms with van der Waals surface area (Å²) in [5.41, 5.74) is 0. The molecule has 0 bridgehead atoms. The molecule has 0 rings (SSSR count). The van der Waals surface area contributed by atoms with E-state index < -0.39 is 0 Å². The standard InChI is InChI=1S/C7H14N2/c1-4-5-6-7-8-9(2)3/h5-7H,4H2,1-3H3/b6-5+,8-7?. The Bertz CT molecular complexity index is 103. The summed E-state index contributed by atoms with van der Waals surface area (Å²) in [6.45, 7) is 2.10. The first-order valence-electron chi connectivity index (χ1n) is 3.13. The van der Waals surface area contributed by atoms with Crippen LogP contribution in [0.3, 0.4) is 0 Å². The van der Waals surface area contributed by atoms with Crippen LogP contribution in [-0.4, -0.2) is 25.3 Å². The van der Waals surface area contributed by atoms with Crippen LogP contribution in [0.4, 0.5) is 0 Å². The van der Waals surface area contributed by atoms with E-state index in [9.17, 15) is 0 Å². The number of rotatable bonds is 3. The molecule has 0 spiro atoms. The Kier molecular flexibility index (Phi) is 4.88. The summed E-state index contributed by atoms with van der Waals surface area (Å²) in [4.78, 5) is 0. The molecule has 0 radical (unpaired) electrons. The molecule has 0 aliphatic carbocycles. The molecule has 52 valence electrons. The van der Waals surface area contributed by atoms with Crippen LogP contribution in [0.1, 0.15) is 13.3 Å². The van der Waals surface area contributed by atoms with Gasteiger partial charge in [-0.3, -0.25) is 0 Å². The Morgan fingerprint density at radius 3 is 2.56 bits per heavy atom. The van der Waals surface area contributed by atoms with Gasteiger partial charge in [0.25, 0.3) is 0 Å². The van der Waals surface area contributed by atoms with Crippen LogP contribution in [0, 0.1) is 0 Å². The third-order valence-electron chi connectivity index (χ3n) is 0.755. The Hall–Kier alpha value is -0.790. The molecule has 0 aliphatic rings. The van der Waals surface area contributed by atoms with E-state index in [1.54, 1.807) is 11.2 Å². The van der Waals surface area contributed by atoms with Gasteiger partial charge in [0, 0.05) is 20.3 Å². The van der Waals surface area contributed by atoms with E-state index in [2.05, 4.69) is 18.1 Å². The first-order valence-corrected chi connectivity index (χ1v) is 3.13. The molecule has 0 amide bonds. The average molecular weight is 126 g/mol. The van der Waals surface area contributed by atoms with Crippen molar-refractivity contribution in [3.63, 3.8) is 0 Å². The van der Waals surface area contributed by atoms with E-state index in [1.807, 2.05) is 20.2 Å². The molecular formula is C7H14N2. The molecule has 0 aromatic rings. The number of hydrazone groups is 1. The maximum Gasteiger partial charge on any atom is 0.0467 e. The van der Waals surface area contributed by atoms with E-state index in [-0.39, 0.29) is 0 Å². The van der Waals surface area contributed by atoms with Gasteiger partial charge in [0.1, 0.15) is 0 Å². The van der Waals surface area contributed by atoms with Crippen molar-refractivity contribution in [3.05, 3.63) is 12.2 Å². The molecular weight excluding hydrogens is 112 g/mol. The zero-order valence-electron chi connectivity index (χ0n) is 6.33. The van der Waals surface area contributed by atoms with E-state index in [4.69, 9.17) is 0 Å². The lowest BCUT2D eigenvalue weighted by Gasteiger charge is -1.99. The summed E-state index contributed by atoms with van der Waals surface area (Å²) < 4.78 is 0. The highest BCUT2D eigenvalue weighted by Crippen LogP contribution is 1.77. The second kappa shape index (κ2) is 5.35. The molecule has 0 fully saturated rings. The highest BCUT2D eigenvalue weighted by Gasteiger charge is 1.70. The van der Waals surface area contributed by atoms with Crippen LogP contribution >= 0.6 is 0 Å². The first kappa shape index (κ1) is 8.21. The van der Waals surface area contributed by atoms with Gasteiger partial charge in [0.15, 0.2) is 0 Å². The lowest BCUT2D eigenvalue weighted by Crippen LogP contribution is -2.00. The van der Waals surface area contributed by atoms with Crippen molar-refractivity contribution in [2.24, 2.45) is 5.10 Å². The van der Waals surface area contributed by atoms with E-state index in [0.29, 0.717) is 0 Å². The Morgan fingerprint density at radius 1 is 1.44 bits per heavy atom. The van der Waals surface area contributed by atoms with Crippen LogP contribution < -0.4 is 0 Å². The van der Waals surface area contributed by atoms with Gasteiger partial charge in [-0.25, -0.2) is 0 Å². The van der Waals surface area contributed by atoms with E-state index in [1.165, 1.54) is 0 Å². The van der Waals surface area contributed by atoms with Crippen LogP contribution in [0.25, 0.3) is 0 Å². The van der Waals surface area contributed by atoms with Crippen LogP contribution in [-0.2, 0) is 0 Å². The van der Waals surface area contributed by atoms with Crippen LogP contribution in [0.5, 0.6) is 0 Å². The van der Waals surface area contributed by atoms with E-state index >= 15 is 0 Å². The van der Waals surface area contributed by atoms with Gasteiger partial charge in [-0.1, -0.05) is 13.0 Å². The Labute approximate surface area is 56.9 Å². The normalized spacial score (nSPS) is 11.4. The molecule has 0 aliphatic heterocycles. The molecule has 9 heavy (non-hydrogen) atoms. The summed E-state index contributed by atoms with van der Waals surface area (Å²) >= 11 is 0. The molecule has 0 aromatic heterocycles. The molecule has 0 saturated heterocycles. The van der Waals surface area contributed by atoms with Crippen molar-refractivity contribution >= 4 is 6.21 Å². The molecule has 0 N–H and O–H groups in total. The molecule has 0 heterocycles. The van der Waals surface area contributed by atoms with Gasteiger partial charge in [0.2, 0.25) is 0 Å². The fourth-order valence-corrected chi connectivity index (χ4v) is 0.369. The number of allylic oxidation sites excluding steroid dienone is 2. The fourth-order valence-electron chi connectivity index (χ4n) is 0.369. The summed E-state index contributed by atoms with van der Waals surface area (Å²) in [5.74, 6) is 0. The maximum atomic E-state index is 3.98. The monoisotopic (exact) mass is 126 g/mol. The molecule has 0 unspecified atom stereocenters. The lowest BCUT2D eigenvalue weighted by atomic mass is 10.4. The third kappa shape index (κ3) is 7.21. The van der Waals surface area contributed by atoms with Gasteiger partial charge in [-0.15, -0.1) is 0 Å². The summed E-state index contributed by atoms with van der Waals surface area (Å²) in [6, 6.07) is 0. The first-order chi connectivity index (χ1) is 4.27. The van der Waals surface area contributed by atoms with Gasteiger partial charge in [0.05, 0.1) is 0 Å². The summed E-state index contributed by atoms with van der Waals surface area (Å²) in [7, 11) is 3.80. The SMILES string of the molecule is CC/C=C/C=NN(C)C. The van der Waals surface area contributed by atoms with Gasteiger partial charge in [-0.05, 0) is 12.5 Å². The zero-order valence-corrected chi connectivity index (χ0v) is 6.33. The smallest absolute Gasteiger partial charge is 0.0467 e. The molecule has 2 heteroatoms. The van der Waals surface area contributed by atoms with Crippen molar-refractivity contribution in [3.8, 4) is 0 Å². The van der Waals surface area contributed by atoms with Crippen molar-refractivity contribution in [1.82, 2.24) is 5.01 Å². The number of hydrogen-bond donors (Lipinski definition) is 0. The van der Waals surface area contributed by atoms with E-state index in [0.717, 1.165) is 6.42 Å². The third-order valence-corrected chi connectivity index (χ3v) is 0.755. The van der Waals surface area contributed by atoms with Crippen molar-refractivity contribution < 1.29 is 0 Å². The van der Waals surface area contributed by atoms with Crippen LogP contribution in [0.2, 0.25) is 0 Å². The van der Waals surface area contributed by atoms with Crippen molar-refractivity contribution in [2.45, 2.75) is 13.3 Å². The fraction of sp³-hybridized carbons (Fsp3) is 0.571. The minimum atomic E-state index is 1.07. The highest BCUT2D eigenvalue weighted by atomic mass is 15.4. The highest BCUT2D eigenvalue weighted by molar-refractivity contribution is 5.70. The quantitative estimate of drug-likeness (QED) is 0.413. The molecule has 0 saturated carbocycles. The second-order valence-electron chi connectivity index (χ2n) is 1.95. The van der Waals surface area contributed by atoms with Crippen molar-refractivity contribution in [2.75, 3.05) is 14.1 Å². The lowest BCUT2D eigenvalue weighted by molar-refractivity contribution is 0.440. The Morgan fingerprint density at radius 2 is 2.11 bits per heavy atom. The van der Waals surface area contributed by atoms with Gasteiger partial charge < -0.3 is 5.01 Å². The minimum Gasteiger partial charge on any atom is -0.303 e. The van der Waals surface area contributed by atoms with Gasteiger partial charge >= 0.3 is 0 Å². The van der Waals surface area contributed by atoms with Crippen molar-refractivity contribution in [1.29, 1.82) is 0 Å². The summed E-state index contributed by atoms with van der Waals surface area (Å²) in [5, 5.41) is 5.75. The largest absolute Gasteiger partial charge is 0.303 e.